The molecule has 39 heavy (non-hydrogen) atoms. The summed E-state index contributed by atoms with van der Waals surface area (Å²) in [4.78, 5) is 22.4. The molecule has 0 saturated carbocycles. The first-order valence-corrected chi connectivity index (χ1v) is 15.0. The van der Waals surface area contributed by atoms with Crippen molar-refractivity contribution in [2.75, 3.05) is 19.6 Å². The van der Waals surface area contributed by atoms with Gasteiger partial charge in [-0.1, -0.05) is 42.5 Å². The lowest BCUT2D eigenvalue weighted by molar-refractivity contribution is 0.0144. The van der Waals surface area contributed by atoms with Gasteiger partial charge in [0.15, 0.2) is 0 Å². The molecule has 3 saturated heterocycles. The molecule has 3 aliphatic heterocycles. The average molecular weight is 529 g/mol. The fourth-order valence-corrected chi connectivity index (χ4v) is 7.71. The van der Waals surface area contributed by atoms with Crippen molar-refractivity contribution in [3.05, 3.63) is 66.0 Å². The molecule has 3 aromatic rings. The van der Waals surface area contributed by atoms with Crippen LogP contribution in [0.4, 0.5) is 4.79 Å². The maximum absolute atomic E-state index is 12.8. The lowest BCUT2D eigenvalue weighted by Gasteiger charge is -2.45. The Balaban J connectivity index is 1.16. The number of carbonyl (C=O) groups is 1. The molecule has 6 heteroatoms. The molecule has 0 radical (unpaired) electrons. The van der Waals surface area contributed by atoms with E-state index in [2.05, 4.69) is 71.0 Å². The predicted molar refractivity (Wildman–Crippen MR) is 156 cm³/mol. The molecule has 1 aromatic heterocycles. The fourth-order valence-electron chi connectivity index (χ4n) is 7.71. The molecule has 0 aliphatic carbocycles. The number of hydrogen-bond donors (Lipinski definition) is 0. The minimum absolute atomic E-state index is 0.104. The van der Waals surface area contributed by atoms with E-state index in [1.54, 1.807) is 0 Å². The first-order chi connectivity index (χ1) is 18.7. The van der Waals surface area contributed by atoms with Crippen molar-refractivity contribution >= 4 is 17.1 Å². The fraction of sp³-hybridized carbons (Fsp3) is 0.576. The van der Waals surface area contributed by atoms with Crippen LogP contribution in [0.1, 0.15) is 83.1 Å². The monoisotopic (exact) mass is 528 g/mol. The number of fused-ring (bicyclic) bond motifs is 3. The van der Waals surface area contributed by atoms with E-state index in [1.165, 1.54) is 36.8 Å². The molecule has 4 heterocycles. The van der Waals surface area contributed by atoms with Crippen molar-refractivity contribution < 1.29 is 9.53 Å². The van der Waals surface area contributed by atoms with E-state index in [9.17, 15) is 4.79 Å². The maximum Gasteiger partial charge on any atom is 0.410 e. The Hall–Kier alpha value is -2.86. The van der Waals surface area contributed by atoms with Crippen molar-refractivity contribution in [1.82, 2.24) is 19.4 Å². The number of ether oxygens (including phenoxy) is 1. The van der Waals surface area contributed by atoms with Crippen molar-refractivity contribution in [2.45, 2.75) is 102 Å². The van der Waals surface area contributed by atoms with Gasteiger partial charge in [0.1, 0.15) is 11.4 Å². The van der Waals surface area contributed by atoms with Gasteiger partial charge in [0, 0.05) is 31.2 Å². The summed E-state index contributed by atoms with van der Waals surface area (Å²) < 4.78 is 8.21. The number of rotatable bonds is 5. The van der Waals surface area contributed by atoms with Crippen molar-refractivity contribution in [3.8, 4) is 0 Å². The van der Waals surface area contributed by atoms with Gasteiger partial charge in [-0.05, 0) is 102 Å². The molecule has 0 N–H and O–H groups in total. The van der Waals surface area contributed by atoms with E-state index in [0.29, 0.717) is 18.1 Å². The van der Waals surface area contributed by atoms with Crippen LogP contribution in [-0.2, 0) is 10.2 Å². The Morgan fingerprint density at radius 1 is 0.949 bits per heavy atom. The van der Waals surface area contributed by atoms with Crippen molar-refractivity contribution in [1.29, 1.82) is 0 Å². The molecule has 6 nitrogen and oxygen atoms in total. The number of para-hydroxylation sites is 2. The summed E-state index contributed by atoms with van der Waals surface area (Å²) in [6, 6.07) is 21.5. The van der Waals surface area contributed by atoms with E-state index >= 15 is 0 Å². The normalized spacial score (nSPS) is 25.2. The number of likely N-dealkylation sites (tertiary alicyclic amines) is 1. The first kappa shape index (κ1) is 26.4. The lowest BCUT2D eigenvalue weighted by atomic mass is 9.70. The van der Waals surface area contributed by atoms with E-state index < -0.39 is 5.60 Å². The minimum atomic E-state index is -0.460. The Labute approximate surface area is 233 Å². The lowest BCUT2D eigenvalue weighted by Crippen LogP contribution is -2.49. The van der Waals surface area contributed by atoms with E-state index in [-0.39, 0.29) is 11.5 Å². The Kier molecular flexibility index (Phi) is 6.95. The molecule has 2 aromatic carbocycles. The summed E-state index contributed by atoms with van der Waals surface area (Å²) in [7, 11) is 0. The molecule has 3 fully saturated rings. The van der Waals surface area contributed by atoms with Gasteiger partial charge in [-0.3, -0.25) is 4.90 Å². The average Bonchev–Trinajstić information content (AvgIpc) is 3.37. The number of hydrogen-bond acceptors (Lipinski definition) is 4. The molecule has 3 aliphatic rings. The highest BCUT2D eigenvalue weighted by Crippen LogP contribution is 2.45. The number of benzene rings is 2. The third-order valence-corrected chi connectivity index (χ3v) is 9.60. The number of aromatic nitrogens is 2. The standard InChI is InChI=1S/C33H44N4O2/c1-24-34-29-12-8-9-13-30(29)37(24)28-22-26-14-15-27(23-28)36(26)21-18-33(25-10-6-5-7-11-25)16-19-35(20-17-33)31(38)39-32(2,3)4/h5-13,26-28H,14-23H2,1-4H3/t26-,27-/m1/s1. The van der Waals surface area contributed by atoms with Gasteiger partial charge in [-0.15, -0.1) is 0 Å². The van der Waals surface area contributed by atoms with Crippen LogP contribution < -0.4 is 0 Å². The molecule has 208 valence electrons. The SMILES string of the molecule is Cc1nc2ccccc2n1C1C[C@H]2CC[C@H](C1)N2CCC1(c2ccccc2)CCN(C(=O)OC(C)(C)C)CC1. The van der Waals surface area contributed by atoms with Crippen LogP contribution in [0, 0.1) is 6.92 Å². The molecule has 2 atom stereocenters. The number of piperidine rings is 2. The van der Waals surface area contributed by atoms with Gasteiger partial charge >= 0.3 is 6.09 Å². The topological polar surface area (TPSA) is 50.6 Å². The smallest absolute Gasteiger partial charge is 0.410 e. The van der Waals surface area contributed by atoms with Gasteiger partial charge < -0.3 is 14.2 Å². The number of aryl methyl sites for hydroxylation is 1. The molecular formula is C33H44N4O2. The molecule has 0 unspecified atom stereocenters. The zero-order valence-electron chi connectivity index (χ0n) is 24.1. The van der Waals surface area contributed by atoms with E-state index in [0.717, 1.165) is 50.2 Å². The Morgan fingerprint density at radius 2 is 1.59 bits per heavy atom. The highest BCUT2D eigenvalue weighted by molar-refractivity contribution is 5.76. The van der Waals surface area contributed by atoms with E-state index in [1.807, 2.05) is 25.7 Å². The first-order valence-electron chi connectivity index (χ1n) is 15.0. The summed E-state index contributed by atoms with van der Waals surface area (Å²) in [5.74, 6) is 1.15. The molecule has 2 bridgehead atoms. The van der Waals surface area contributed by atoms with Gasteiger partial charge in [-0.25, -0.2) is 9.78 Å². The summed E-state index contributed by atoms with van der Waals surface area (Å²) in [6.45, 7) is 10.6. The number of carbonyl (C=O) groups excluding carboxylic acids is 1. The summed E-state index contributed by atoms with van der Waals surface area (Å²) in [5, 5.41) is 0. The largest absolute Gasteiger partial charge is 0.444 e. The summed E-state index contributed by atoms with van der Waals surface area (Å²) in [6.07, 6.45) is 7.97. The Bertz CT molecular complexity index is 1290. The predicted octanol–water partition coefficient (Wildman–Crippen LogP) is 6.87. The van der Waals surface area contributed by atoms with Gasteiger partial charge in [0.05, 0.1) is 11.0 Å². The van der Waals surface area contributed by atoms with Gasteiger partial charge in [-0.2, -0.15) is 0 Å². The second-order valence-corrected chi connectivity index (χ2v) is 13.1. The number of nitrogens with zero attached hydrogens (tertiary/aromatic N) is 4. The summed E-state index contributed by atoms with van der Waals surface area (Å²) in [5.41, 5.74) is 3.47. The second-order valence-electron chi connectivity index (χ2n) is 13.1. The minimum Gasteiger partial charge on any atom is -0.444 e. The molecule has 0 spiro atoms. The van der Waals surface area contributed by atoms with Crippen LogP contribution in [0.3, 0.4) is 0 Å². The highest BCUT2D eigenvalue weighted by atomic mass is 16.6. The molecule has 6 rings (SSSR count). The van der Waals surface area contributed by atoms with Crippen LogP contribution in [-0.4, -0.2) is 62.8 Å². The zero-order valence-corrected chi connectivity index (χ0v) is 24.1. The highest BCUT2D eigenvalue weighted by Gasteiger charge is 2.44. The summed E-state index contributed by atoms with van der Waals surface area (Å²) >= 11 is 0. The van der Waals surface area contributed by atoms with Crippen molar-refractivity contribution in [2.24, 2.45) is 0 Å². The van der Waals surface area contributed by atoms with Crippen LogP contribution in [0.5, 0.6) is 0 Å². The molecule has 1 amide bonds. The number of amides is 1. The maximum atomic E-state index is 12.8. The van der Waals surface area contributed by atoms with Gasteiger partial charge in [0.2, 0.25) is 0 Å². The third-order valence-electron chi connectivity index (χ3n) is 9.60. The third kappa shape index (κ3) is 5.20. The van der Waals surface area contributed by atoms with Crippen molar-refractivity contribution in [3.63, 3.8) is 0 Å². The van der Waals surface area contributed by atoms with Crippen LogP contribution >= 0.6 is 0 Å². The van der Waals surface area contributed by atoms with E-state index in [4.69, 9.17) is 9.72 Å². The Morgan fingerprint density at radius 3 is 2.26 bits per heavy atom. The van der Waals surface area contributed by atoms with Crippen LogP contribution in [0.15, 0.2) is 54.6 Å². The van der Waals surface area contributed by atoms with Crippen LogP contribution in [0.2, 0.25) is 0 Å². The van der Waals surface area contributed by atoms with Gasteiger partial charge in [0.25, 0.3) is 0 Å². The zero-order chi connectivity index (χ0) is 27.2. The second kappa shape index (κ2) is 10.3. The number of imidazole rings is 1. The molecular weight excluding hydrogens is 484 g/mol. The van der Waals surface area contributed by atoms with Crippen LogP contribution in [0.25, 0.3) is 11.0 Å². The quantitative estimate of drug-likeness (QED) is 0.363.